The minimum absolute atomic E-state index is 0.0303. The van der Waals surface area contributed by atoms with Crippen molar-refractivity contribution in [2.75, 3.05) is 0 Å². The number of amides is 1. The molecule has 2 nitrogen and oxygen atoms in total. The van der Waals surface area contributed by atoms with Crippen molar-refractivity contribution in [1.82, 2.24) is 5.32 Å². The van der Waals surface area contributed by atoms with Gasteiger partial charge in [-0.25, -0.2) is 0 Å². The summed E-state index contributed by atoms with van der Waals surface area (Å²) >= 11 is 0. The number of benzene rings is 1. The lowest BCUT2D eigenvalue weighted by Crippen LogP contribution is -2.30. The summed E-state index contributed by atoms with van der Waals surface area (Å²) in [4.78, 5) is 11.6. The third-order valence-corrected chi connectivity index (χ3v) is 3.03. The van der Waals surface area contributed by atoms with Gasteiger partial charge in [0.15, 0.2) is 0 Å². The van der Waals surface area contributed by atoms with Crippen molar-refractivity contribution >= 4 is 12.0 Å². The Morgan fingerprint density at radius 2 is 1.83 bits per heavy atom. The predicted octanol–water partition coefficient (Wildman–Crippen LogP) is 3.74. The van der Waals surface area contributed by atoms with Gasteiger partial charge in [0.2, 0.25) is 5.91 Å². The highest BCUT2D eigenvalue weighted by molar-refractivity contribution is 5.91. The summed E-state index contributed by atoms with van der Waals surface area (Å²) in [6.45, 7) is 8.40. The van der Waals surface area contributed by atoms with E-state index in [2.05, 4.69) is 38.2 Å². The summed E-state index contributed by atoms with van der Waals surface area (Å²) in [6.07, 6.45) is 4.39. The fraction of sp³-hybridized carbons (Fsp3) is 0.438. The van der Waals surface area contributed by atoms with E-state index < -0.39 is 0 Å². The Labute approximate surface area is 110 Å². The van der Waals surface area contributed by atoms with Gasteiger partial charge in [-0.3, -0.25) is 4.79 Å². The molecule has 1 unspecified atom stereocenters. The van der Waals surface area contributed by atoms with Crippen molar-refractivity contribution in [3.8, 4) is 0 Å². The zero-order valence-electron chi connectivity index (χ0n) is 11.7. The Hall–Kier alpha value is -1.57. The van der Waals surface area contributed by atoms with Crippen LogP contribution in [0.1, 0.15) is 51.2 Å². The summed E-state index contributed by atoms with van der Waals surface area (Å²) in [5.41, 5.74) is 2.37. The second-order valence-corrected chi connectivity index (χ2v) is 4.97. The Kier molecular flexibility index (Phi) is 5.63. The molecule has 98 valence electrons. The smallest absolute Gasteiger partial charge is 0.244 e. The number of carbonyl (C=O) groups excluding carboxylic acids is 1. The van der Waals surface area contributed by atoms with Crippen molar-refractivity contribution in [2.24, 2.45) is 0 Å². The van der Waals surface area contributed by atoms with E-state index >= 15 is 0 Å². The van der Waals surface area contributed by atoms with Gasteiger partial charge in [-0.1, -0.05) is 45.0 Å². The van der Waals surface area contributed by atoms with Crippen molar-refractivity contribution in [2.45, 2.75) is 46.1 Å². The summed E-state index contributed by atoms with van der Waals surface area (Å²) < 4.78 is 0. The van der Waals surface area contributed by atoms with E-state index in [0.717, 1.165) is 12.0 Å². The fourth-order valence-corrected chi connectivity index (χ4v) is 1.56. The average Bonchev–Trinajstić information content (AvgIpc) is 2.36. The van der Waals surface area contributed by atoms with Crippen molar-refractivity contribution in [1.29, 1.82) is 0 Å². The summed E-state index contributed by atoms with van der Waals surface area (Å²) in [5, 5.41) is 2.90. The normalized spacial score (nSPS) is 12.9. The van der Waals surface area contributed by atoms with Crippen LogP contribution in [0.2, 0.25) is 0 Å². The van der Waals surface area contributed by atoms with Crippen LogP contribution >= 0.6 is 0 Å². The molecule has 1 rings (SSSR count). The second-order valence-electron chi connectivity index (χ2n) is 4.97. The van der Waals surface area contributed by atoms with Crippen LogP contribution in [0.3, 0.4) is 0 Å². The zero-order chi connectivity index (χ0) is 13.5. The molecule has 0 heterocycles. The van der Waals surface area contributed by atoms with Crippen LogP contribution in [0, 0.1) is 0 Å². The summed E-state index contributed by atoms with van der Waals surface area (Å²) in [6, 6.07) is 8.53. The van der Waals surface area contributed by atoms with Crippen molar-refractivity contribution in [3.63, 3.8) is 0 Å². The van der Waals surface area contributed by atoms with Crippen LogP contribution in [0.25, 0.3) is 6.08 Å². The van der Waals surface area contributed by atoms with E-state index in [0.29, 0.717) is 5.92 Å². The van der Waals surface area contributed by atoms with Crippen LogP contribution in [-0.4, -0.2) is 11.9 Å². The quantitative estimate of drug-likeness (QED) is 0.787. The first kappa shape index (κ1) is 14.5. The van der Waals surface area contributed by atoms with Gasteiger partial charge in [-0.05, 0) is 36.5 Å². The number of hydrogen-bond acceptors (Lipinski definition) is 1. The van der Waals surface area contributed by atoms with E-state index in [-0.39, 0.29) is 11.9 Å². The Bertz CT molecular complexity index is 404. The van der Waals surface area contributed by atoms with Crippen LogP contribution in [0.5, 0.6) is 0 Å². The maximum Gasteiger partial charge on any atom is 0.244 e. The number of carbonyl (C=O) groups is 1. The molecule has 0 aromatic heterocycles. The topological polar surface area (TPSA) is 29.1 Å². The minimum Gasteiger partial charge on any atom is -0.350 e. The van der Waals surface area contributed by atoms with Gasteiger partial charge in [-0.2, -0.15) is 0 Å². The maximum atomic E-state index is 11.6. The molecular formula is C16H23NO. The molecule has 1 atom stereocenters. The third-order valence-electron chi connectivity index (χ3n) is 3.03. The molecule has 2 heteroatoms. The van der Waals surface area contributed by atoms with Gasteiger partial charge in [0.05, 0.1) is 0 Å². The molecule has 0 aliphatic heterocycles. The number of rotatable bonds is 5. The van der Waals surface area contributed by atoms with Crippen LogP contribution in [0.4, 0.5) is 0 Å². The standard InChI is InChI=1S/C16H23NO/c1-5-13(4)17-16(18)11-8-14-6-9-15(10-7-14)12(2)3/h6-13H,5H2,1-4H3,(H,17,18)/b11-8+. The molecule has 0 radical (unpaired) electrons. The first-order chi connectivity index (χ1) is 8.52. The lowest BCUT2D eigenvalue weighted by Gasteiger charge is -2.08. The van der Waals surface area contributed by atoms with E-state index in [1.807, 2.05) is 25.1 Å². The Balaban J connectivity index is 2.59. The van der Waals surface area contributed by atoms with E-state index in [1.54, 1.807) is 6.08 Å². The van der Waals surface area contributed by atoms with Gasteiger partial charge in [0.25, 0.3) is 0 Å². The van der Waals surface area contributed by atoms with Gasteiger partial charge in [0, 0.05) is 12.1 Å². The van der Waals surface area contributed by atoms with Gasteiger partial charge in [0.1, 0.15) is 0 Å². The number of hydrogen-bond donors (Lipinski definition) is 1. The molecule has 0 saturated heterocycles. The predicted molar refractivity (Wildman–Crippen MR) is 77.5 cm³/mol. The average molecular weight is 245 g/mol. The van der Waals surface area contributed by atoms with Gasteiger partial charge in [-0.15, -0.1) is 0 Å². The van der Waals surface area contributed by atoms with Crippen LogP contribution in [0.15, 0.2) is 30.3 Å². The second kappa shape index (κ2) is 7.00. The van der Waals surface area contributed by atoms with Crippen molar-refractivity contribution < 1.29 is 4.79 Å². The molecule has 0 aliphatic carbocycles. The lowest BCUT2D eigenvalue weighted by atomic mass is 10.0. The molecule has 1 amide bonds. The third kappa shape index (κ3) is 4.74. The van der Waals surface area contributed by atoms with E-state index in [9.17, 15) is 4.79 Å². The maximum absolute atomic E-state index is 11.6. The van der Waals surface area contributed by atoms with Crippen LogP contribution < -0.4 is 5.32 Å². The highest BCUT2D eigenvalue weighted by Gasteiger charge is 2.01. The largest absolute Gasteiger partial charge is 0.350 e. The molecule has 0 aliphatic rings. The van der Waals surface area contributed by atoms with Crippen LogP contribution in [-0.2, 0) is 4.79 Å². The highest BCUT2D eigenvalue weighted by Crippen LogP contribution is 2.15. The molecule has 0 fully saturated rings. The van der Waals surface area contributed by atoms with E-state index in [1.165, 1.54) is 5.56 Å². The molecule has 18 heavy (non-hydrogen) atoms. The summed E-state index contributed by atoms with van der Waals surface area (Å²) in [7, 11) is 0. The Morgan fingerprint density at radius 3 is 2.33 bits per heavy atom. The van der Waals surface area contributed by atoms with Gasteiger partial charge >= 0.3 is 0 Å². The molecule has 0 bridgehead atoms. The SMILES string of the molecule is CCC(C)NC(=O)/C=C/c1ccc(C(C)C)cc1. The molecule has 0 saturated carbocycles. The van der Waals surface area contributed by atoms with Gasteiger partial charge < -0.3 is 5.32 Å². The minimum atomic E-state index is -0.0303. The van der Waals surface area contributed by atoms with E-state index in [4.69, 9.17) is 0 Å². The highest BCUT2D eigenvalue weighted by atomic mass is 16.1. The first-order valence-corrected chi connectivity index (χ1v) is 6.61. The number of nitrogens with one attached hydrogen (secondary N) is 1. The Morgan fingerprint density at radius 1 is 1.22 bits per heavy atom. The zero-order valence-corrected chi connectivity index (χ0v) is 11.7. The monoisotopic (exact) mass is 245 g/mol. The molecule has 1 N–H and O–H groups in total. The van der Waals surface area contributed by atoms with Crippen molar-refractivity contribution in [3.05, 3.63) is 41.5 Å². The molecular weight excluding hydrogens is 222 g/mol. The summed E-state index contributed by atoms with van der Waals surface area (Å²) in [5.74, 6) is 0.508. The first-order valence-electron chi connectivity index (χ1n) is 6.61. The fourth-order valence-electron chi connectivity index (χ4n) is 1.56. The lowest BCUT2D eigenvalue weighted by molar-refractivity contribution is -0.117. The molecule has 0 spiro atoms. The molecule has 1 aromatic carbocycles. The molecule has 1 aromatic rings.